The van der Waals surface area contributed by atoms with Gasteiger partial charge in [0, 0.05) is 25.8 Å². The molecule has 158 valence electrons. The lowest BCUT2D eigenvalue weighted by Gasteiger charge is -2.14. The van der Waals surface area contributed by atoms with Gasteiger partial charge in [0.1, 0.15) is 18.1 Å². The highest BCUT2D eigenvalue weighted by Crippen LogP contribution is 2.21. The van der Waals surface area contributed by atoms with Crippen LogP contribution in [0.25, 0.3) is 0 Å². The van der Waals surface area contributed by atoms with E-state index in [0.717, 1.165) is 48.1 Å². The van der Waals surface area contributed by atoms with Crippen LogP contribution in [0, 0.1) is 6.92 Å². The highest BCUT2D eigenvalue weighted by molar-refractivity contribution is 5.79. The summed E-state index contributed by atoms with van der Waals surface area (Å²) in [5, 5.41) is 6.70. The molecule has 29 heavy (non-hydrogen) atoms. The molecular weight excluding hydrogens is 366 g/mol. The zero-order valence-electron chi connectivity index (χ0n) is 18.0. The molecule has 0 aliphatic rings. The summed E-state index contributed by atoms with van der Waals surface area (Å²) in [6.07, 6.45) is 0.886. The summed E-state index contributed by atoms with van der Waals surface area (Å²) in [5.74, 6) is 2.53. The van der Waals surface area contributed by atoms with E-state index in [0.29, 0.717) is 19.8 Å². The van der Waals surface area contributed by atoms with Gasteiger partial charge >= 0.3 is 0 Å². The van der Waals surface area contributed by atoms with Gasteiger partial charge in [0.2, 0.25) is 0 Å². The van der Waals surface area contributed by atoms with Crippen molar-refractivity contribution < 1.29 is 14.2 Å². The van der Waals surface area contributed by atoms with Gasteiger partial charge in [-0.1, -0.05) is 24.3 Å². The first-order chi connectivity index (χ1) is 14.2. The molecule has 0 aromatic heterocycles. The fourth-order valence-electron chi connectivity index (χ4n) is 2.82. The molecule has 0 fully saturated rings. The first-order valence-corrected chi connectivity index (χ1v) is 10.0. The average molecular weight is 400 g/mol. The summed E-state index contributed by atoms with van der Waals surface area (Å²) < 4.78 is 16.2. The Morgan fingerprint density at radius 2 is 1.90 bits per heavy atom. The molecule has 0 aliphatic heterocycles. The first-order valence-electron chi connectivity index (χ1n) is 10.0. The van der Waals surface area contributed by atoms with Gasteiger partial charge in [-0.25, -0.2) is 4.99 Å². The molecule has 0 radical (unpaired) electrons. The van der Waals surface area contributed by atoms with Crippen LogP contribution in [0.1, 0.15) is 23.6 Å². The van der Waals surface area contributed by atoms with Crippen molar-refractivity contribution in [3.05, 3.63) is 59.2 Å². The second-order valence-electron chi connectivity index (χ2n) is 6.68. The topological polar surface area (TPSA) is 64.1 Å². The van der Waals surface area contributed by atoms with E-state index in [1.54, 1.807) is 14.2 Å². The Kier molecular flexibility index (Phi) is 9.86. The van der Waals surface area contributed by atoms with Crippen molar-refractivity contribution in [3.8, 4) is 11.5 Å². The average Bonchev–Trinajstić information content (AvgIpc) is 2.73. The Balaban J connectivity index is 1.97. The van der Waals surface area contributed by atoms with E-state index in [2.05, 4.69) is 48.7 Å². The Morgan fingerprint density at radius 3 is 2.66 bits per heavy atom. The third kappa shape index (κ3) is 8.03. The van der Waals surface area contributed by atoms with Crippen molar-refractivity contribution in [1.82, 2.24) is 10.6 Å². The molecule has 0 saturated carbocycles. The monoisotopic (exact) mass is 399 g/mol. The van der Waals surface area contributed by atoms with Crippen molar-refractivity contribution in [2.24, 2.45) is 4.99 Å². The Morgan fingerprint density at radius 1 is 1.03 bits per heavy atom. The van der Waals surface area contributed by atoms with Gasteiger partial charge in [-0.2, -0.15) is 0 Å². The maximum atomic E-state index is 5.86. The van der Waals surface area contributed by atoms with E-state index in [1.165, 1.54) is 5.56 Å². The lowest BCUT2D eigenvalue weighted by atomic mass is 10.1. The lowest BCUT2D eigenvalue weighted by molar-refractivity contribution is 0.145. The molecule has 2 N–H and O–H groups in total. The number of hydrogen-bond donors (Lipinski definition) is 2. The van der Waals surface area contributed by atoms with E-state index in [4.69, 9.17) is 19.2 Å². The number of methoxy groups -OCH3 is 2. The standard InChI is InChI=1S/C23H33N3O3/c1-5-24-23(25-12-11-19-7-6-8-21(16-19)28-4)26-17-20-10-9-18(2)15-22(20)29-14-13-27-3/h6-10,15-16H,5,11-14,17H2,1-4H3,(H2,24,25,26). The summed E-state index contributed by atoms with van der Waals surface area (Å²) >= 11 is 0. The second kappa shape index (κ2) is 12.7. The van der Waals surface area contributed by atoms with Gasteiger partial charge in [-0.05, 0) is 49.6 Å². The van der Waals surface area contributed by atoms with E-state index in [9.17, 15) is 0 Å². The molecule has 2 rings (SSSR count). The summed E-state index contributed by atoms with van der Waals surface area (Å²) in [5.41, 5.74) is 3.44. The molecule has 0 saturated heterocycles. The van der Waals surface area contributed by atoms with Crippen molar-refractivity contribution in [2.45, 2.75) is 26.8 Å². The first kappa shape index (κ1) is 22.6. The smallest absolute Gasteiger partial charge is 0.191 e. The minimum atomic E-state index is 0.523. The van der Waals surface area contributed by atoms with Crippen LogP contribution in [0.5, 0.6) is 11.5 Å². The summed E-state index contributed by atoms with van der Waals surface area (Å²) in [6.45, 7) is 7.32. The maximum Gasteiger partial charge on any atom is 0.191 e. The fourth-order valence-corrected chi connectivity index (χ4v) is 2.82. The molecule has 0 heterocycles. The van der Waals surface area contributed by atoms with Crippen LogP contribution in [0.4, 0.5) is 0 Å². The van der Waals surface area contributed by atoms with Crippen LogP contribution < -0.4 is 20.1 Å². The fraction of sp³-hybridized carbons (Fsp3) is 0.435. The zero-order chi connectivity index (χ0) is 20.9. The quantitative estimate of drug-likeness (QED) is 0.345. The van der Waals surface area contributed by atoms with E-state index >= 15 is 0 Å². The van der Waals surface area contributed by atoms with Gasteiger partial charge < -0.3 is 24.8 Å². The van der Waals surface area contributed by atoms with Gasteiger partial charge in [0.25, 0.3) is 0 Å². The molecule has 2 aromatic carbocycles. The Labute approximate surface area is 174 Å². The highest BCUT2D eigenvalue weighted by atomic mass is 16.5. The van der Waals surface area contributed by atoms with Crippen LogP contribution in [-0.2, 0) is 17.7 Å². The third-order valence-electron chi connectivity index (χ3n) is 4.36. The predicted octanol–water partition coefficient (Wildman–Crippen LogP) is 3.33. The molecule has 0 spiro atoms. The third-order valence-corrected chi connectivity index (χ3v) is 4.36. The molecule has 6 heteroatoms. The van der Waals surface area contributed by atoms with E-state index in [-0.39, 0.29) is 0 Å². The molecule has 0 unspecified atom stereocenters. The summed E-state index contributed by atoms with van der Waals surface area (Å²) in [4.78, 5) is 4.73. The van der Waals surface area contributed by atoms with Crippen molar-refractivity contribution in [2.75, 3.05) is 40.5 Å². The number of benzene rings is 2. The number of aliphatic imine (C=N–C) groups is 1. The number of aryl methyl sites for hydroxylation is 1. The van der Waals surface area contributed by atoms with Gasteiger partial charge in [-0.3, -0.25) is 0 Å². The van der Waals surface area contributed by atoms with Gasteiger partial charge in [0.15, 0.2) is 5.96 Å². The molecule has 0 atom stereocenters. The van der Waals surface area contributed by atoms with Crippen LogP contribution in [-0.4, -0.2) is 46.5 Å². The molecule has 2 aromatic rings. The predicted molar refractivity (Wildman–Crippen MR) is 118 cm³/mol. The van der Waals surface area contributed by atoms with Crippen molar-refractivity contribution >= 4 is 5.96 Å². The van der Waals surface area contributed by atoms with Gasteiger partial charge in [0.05, 0.1) is 20.3 Å². The van der Waals surface area contributed by atoms with Crippen LogP contribution in [0.3, 0.4) is 0 Å². The van der Waals surface area contributed by atoms with Gasteiger partial charge in [-0.15, -0.1) is 0 Å². The normalized spacial score (nSPS) is 11.2. The largest absolute Gasteiger partial charge is 0.497 e. The molecule has 0 aliphatic carbocycles. The Bertz CT molecular complexity index is 778. The van der Waals surface area contributed by atoms with E-state index in [1.807, 2.05) is 18.2 Å². The molecule has 6 nitrogen and oxygen atoms in total. The summed E-state index contributed by atoms with van der Waals surface area (Å²) in [6, 6.07) is 14.3. The SMILES string of the molecule is CCNC(=NCc1ccc(C)cc1OCCOC)NCCc1cccc(OC)c1. The van der Waals surface area contributed by atoms with Crippen LogP contribution >= 0.6 is 0 Å². The molecular formula is C23H33N3O3. The minimum Gasteiger partial charge on any atom is -0.497 e. The van der Waals surface area contributed by atoms with Crippen LogP contribution in [0.15, 0.2) is 47.5 Å². The number of ether oxygens (including phenoxy) is 3. The second-order valence-corrected chi connectivity index (χ2v) is 6.68. The lowest BCUT2D eigenvalue weighted by Crippen LogP contribution is -2.38. The van der Waals surface area contributed by atoms with E-state index < -0.39 is 0 Å². The maximum absolute atomic E-state index is 5.86. The Hall–Kier alpha value is -2.73. The van der Waals surface area contributed by atoms with Crippen LogP contribution in [0.2, 0.25) is 0 Å². The van der Waals surface area contributed by atoms with Crippen molar-refractivity contribution in [1.29, 1.82) is 0 Å². The highest BCUT2D eigenvalue weighted by Gasteiger charge is 2.05. The number of rotatable bonds is 11. The minimum absolute atomic E-state index is 0.523. The van der Waals surface area contributed by atoms with Crippen molar-refractivity contribution in [3.63, 3.8) is 0 Å². The zero-order valence-corrected chi connectivity index (χ0v) is 18.0. The molecule has 0 amide bonds. The number of guanidine groups is 1. The number of nitrogens with zero attached hydrogens (tertiary/aromatic N) is 1. The summed E-state index contributed by atoms with van der Waals surface area (Å²) in [7, 11) is 3.36. The molecule has 0 bridgehead atoms. The number of nitrogens with one attached hydrogen (secondary N) is 2. The number of hydrogen-bond acceptors (Lipinski definition) is 4.